The second-order valence-corrected chi connectivity index (χ2v) is 3.40. The Labute approximate surface area is 84.2 Å². The van der Waals surface area contributed by atoms with Gasteiger partial charge in [0.25, 0.3) is 0 Å². The van der Waals surface area contributed by atoms with Crippen LogP contribution >= 0.6 is 24.8 Å². The molecule has 0 unspecified atom stereocenters. The Morgan fingerprint density at radius 2 is 1.83 bits per heavy atom. The lowest BCUT2D eigenvalue weighted by Gasteiger charge is -2.29. The average Bonchev–Trinajstić information content (AvgIpc) is 1.85. The molecule has 0 aromatic carbocycles. The number of ether oxygens (including phenoxy) is 2. The standard InChI is InChI=1S/C7H15NO2S2/c1-4-9-7(3,10-5-2)8-6(11)12/h4-5H2,1-3H3,(H2,8,11,12). The summed E-state index contributed by atoms with van der Waals surface area (Å²) in [5.41, 5.74) is 0. The molecule has 0 atom stereocenters. The molecule has 0 saturated carbocycles. The van der Waals surface area contributed by atoms with Crippen molar-refractivity contribution in [2.75, 3.05) is 13.2 Å². The lowest BCUT2D eigenvalue weighted by atomic mass is 10.5. The molecule has 0 radical (unpaired) electrons. The predicted molar refractivity (Wildman–Crippen MR) is 56.4 cm³/mol. The first kappa shape index (κ1) is 12.2. The van der Waals surface area contributed by atoms with Crippen LogP contribution in [0.2, 0.25) is 0 Å². The van der Waals surface area contributed by atoms with Crippen molar-refractivity contribution in [3.8, 4) is 0 Å². The molecular weight excluding hydrogens is 194 g/mol. The Bertz CT molecular complexity index is 146. The van der Waals surface area contributed by atoms with Gasteiger partial charge in [0, 0.05) is 20.1 Å². The van der Waals surface area contributed by atoms with E-state index in [0.717, 1.165) is 0 Å². The second kappa shape index (κ2) is 5.75. The van der Waals surface area contributed by atoms with Gasteiger partial charge in [0.2, 0.25) is 5.91 Å². The van der Waals surface area contributed by atoms with Crippen molar-refractivity contribution < 1.29 is 9.47 Å². The Morgan fingerprint density at radius 1 is 1.42 bits per heavy atom. The zero-order valence-electron chi connectivity index (χ0n) is 7.59. The van der Waals surface area contributed by atoms with Crippen LogP contribution in [0.1, 0.15) is 20.8 Å². The molecule has 0 aliphatic heterocycles. The van der Waals surface area contributed by atoms with Gasteiger partial charge in [-0.25, -0.2) is 0 Å². The lowest BCUT2D eigenvalue weighted by Crippen LogP contribution is -2.48. The molecule has 5 heteroatoms. The highest BCUT2D eigenvalue weighted by Gasteiger charge is 2.24. The van der Waals surface area contributed by atoms with Gasteiger partial charge in [-0.2, -0.15) is 0 Å². The van der Waals surface area contributed by atoms with Gasteiger partial charge >= 0.3 is 0 Å². The van der Waals surface area contributed by atoms with E-state index in [1.54, 1.807) is 6.92 Å². The molecule has 0 spiro atoms. The Kier molecular flexibility index (Phi) is 5.82. The van der Waals surface area contributed by atoms with Gasteiger partial charge in [-0.15, -0.1) is 12.6 Å². The fraction of sp³-hybridized carbons (Fsp3) is 0.857. The molecule has 0 fully saturated rings. The minimum absolute atomic E-state index is 0.361. The molecule has 0 amide bonds. The predicted octanol–water partition coefficient (Wildman–Crippen LogP) is 1.54. The quantitative estimate of drug-likeness (QED) is 0.408. The highest BCUT2D eigenvalue weighted by atomic mass is 32.1. The van der Waals surface area contributed by atoms with Gasteiger partial charge in [0.1, 0.15) is 4.32 Å². The molecule has 0 heterocycles. The fourth-order valence-corrected chi connectivity index (χ4v) is 1.25. The summed E-state index contributed by atoms with van der Waals surface area (Å²) in [5, 5.41) is 2.81. The SMILES string of the molecule is CCOC(C)(NC(=S)S)OCC. The normalized spacial score (nSPS) is 11.3. The van der Waals surface area contributed by atoms with Gasteiger partial charge in [-0.1, -0.05) is 12.2 Å². The Balaban J connectivity index is 4.07. The minimum atomic E-state index is -0.845. The summed E-state index contributed by atoms with van der Waals surface area (Å²) >= 11 is 8.70. The van der Waals surface area contributed by atoms with Gasteiger partial charge in [-0.05, 0) is 13.8 Å². The van der Waals surface area contributed by atoms with Gasteiger partial charge < -0.3 is 14.8 Å². The van der Waals surface area contributed by atoms with E-state index in [1.807, 2.05) is 13.8 Å². The number of hydrogen-bond acceptors (Lipinski definition) is 3. The monoisotopic (exact) mass is 209 g/mol. The van der Waals surface area contributed by atoms with Crippen LogP contribution in [0.25, 0.3) is 0 Å². The molecule has 0 rings (SSSR count). The van der Waals surface area contributed by atoms with Gasteiger partial charge in [0.15, 0.2) is 0 Å². The summed E-state index contributed by atoms with van der Waals surface area (Å²) in [6.07, 6.45) is 0. The summed E-state index contributed by atoms with van der Waals surface area (Å²) in [5.74, 6) is -0.845. The first-order valence-corrected chi connectivity index (χ1v) is 4.68. The summed E-state index contributed by atoms with van der Waals surface area (Å²) in [4.78, 5) is 0. The van der Waals surface area contributed by atoms with E-state index >= 15 is 0 Å². The van der Waals surface area contributed by atoms with E-state index in [1.165, 1.54) is 0 Å². The van der Waals surface area contributed by atoms with Crippen LogP contribution in [0.4, 0.5) is 0 Å². The molecule has 0 aliphatic carbocycles. The molecule has 0 aliphatic rings. The van der Waals surface area contributed by atoms with Crippen molar-refractivity contribution in [1.29, 1.82) is 0 Å². The van der Waals surface area contributed by atoms with Crippen LogP contribution in [0.3, 0.4) is 0 Å². The molecule has 0 saturated heterocycles. The molecule has 12 heavy (non-hydrogen) atoms. The molecule has 1 N–H and O–H groups in total. The molecule has 3 nitrogen and oxygen atoms in total. The molecular formula is C7H15NO2S2. The number of nitrogens with one attached hydrogen (secondary N) is 1. The van der Waals surface area contributed by atoms with Crippen LogP contribution in [-0.4, -0.2) is 23.4 Å². The first-order chi connectivity index (χ1) is 5.54. The molecule has 0 bridgehead atoms. The molecule has 72 valence electrons. The highest BCUT2D eigenvalue weighted by molar-refractivity contribution is 8.11. The largest absolute Gasteiger partial charge is 0.333 e. The average molecular weight is 209 g/mol. The maximum atomic E-state index is 5.31. The maximum absolute atomic E-state index is 5.31. The van der Waals surface area contributed by atoms with Crippen molar-refractivity contribution >= 4 is 29.2 Å². The van der Waals surface area contributed by atoms with E-state index in [0.29, 0.717) is 17.5 Å². The third-order valence-electron chi connectivity index (χ3n) is 1.17. The van der Waals surface area contributed by atoms with Crippen molar-refractivity contribution in [3.05, 3.63) is 0 Å². The van der Waals surface area contributed by atoms with Crippen LogP contribution in [0, 0.1) is 0 Å². The Morgan fingerprint density at radius 3 is 2.08 bits per heavy atom. The number of thiocarbonyl (C=S) groups is 1. The van der Waals surface area contributed by atoms with Gasteiger partial charge in [-0.3, -0.25) is 0 Å². The topological polar surface area (TPSA) is 30.5 Å². The maximum Gasteiger partial charge on any atom is 0.247 e. The van der Waals surface area contributed by atoms with Gasteiger partial charge in [0.05, 0.1) is 0 Å². The van der Waals surface area contributed by atoms with Crippen LogP contribution in [0.5, 0.6) is 0 Å². The lowest BCUT2D eigenvalue weighted by molar-refractivity contribution is -0.229. The fourth-order valence-electron chi connectivity index (χ4n) is 0.859. The summed E-state index contributed by atoms with van der Waals surface area (Å²) < 4.78 is 11.0. The van der Waals surface area contributed by atoms with Crippen molar-refractivity contribution in [1.82, 2.24) is 5.32 Å². The smallest absolute Gasteiger partial charge is 0.247 e. The van der Waals surface area contributed by atoms with E-state index in [-0.39, 0.29) is 0 Å². The number of rotatable bonds is 5. The highest BCUT2D eigenvalue weighted by Crippen LogP contribution is 2.08. The molecule has 0 aromatic rings. The van der Waals surface area contributed by atoms with Crippen molar-refractivity contribution in [2.24, 2.45) is 0 Å². The van der Waals surface area contributed by atoms with Crippen molar-refractivity contribution in [3.63, 3.8) is 0 Å². The second-order valence-electron chi connectivity index (χ2n) is 2.24. The van der Waals surface area contributed by atoms with Crippen molar-refractivity contribution in [2.45, 2.75) is 26.7 Å². The van der Waals surface area contributed by atoms with Crippen LogP contribution < -0.4 is 5.32 Å². The van der Waals surface area contributed by atoms with Crippen LogP contribution in [-0.2, 0) is 9.47 Å². The number of hydrogen-bond donors (Lipinski definition) is 2. The Hall–Kier alpha value is 0.160. The summed E-state index contributed by atoms with van der Waals surface area (Å²) in [6, 6.07) is 0. The minimum Gasteiger partial charge on any atom is -0.333 e. The zero-order chi connectivity index (χ0) is 9.61. The third-order valence-corrected chi connectivity index (χ3v) is 1.39. The third kappa shape index (κ3) is 4.92. The first-order valence-electron chi connectivity index (χ1n) is 3.83. The summed E-state index contributed by atoms with van der Waals surface area (Å²) in [7, 11) is 0. The zero-order valence-corrected chi connectivity index (χ0v) is 9.30. The van der Waals surface area contributed by atoms with Crippen LogP contribution in [0.15, 0.2) is 0 Å². The molecule has 0 aromatic heterocycles. The summed E-state index contributed by atoms with van der Waals surface area (Å²) in [6.45, 7) is 6.66. The van der Waals surface area contributed by atoms with E-state index < -0.39 is 5.91 Å². The van der Waals surface area contributed by atoms with E-state index in [9.17, 15) is 0 Å². The van der Waals surface area contributed by atoms with E-state index in [4.69, 9.17) is 21.7 Å². The number of thiol groups is 1. The van der Waals surface area contributed by atoms with E-state index in [2.05, 4.69) is 17.9 Å².